The molecular formula is C14H20N2O2. The third kappa shape index (κ3) is 2.64. The Labute approximate surface area is 108 Å². The molecule has 0 aliphatic carbocycles. The fourth-order valence-electron chi connectivity index (χ4n) is 2.09. The van der Waals surface area contributed by atoms with Crippen molar-refractivity contribution in [1.29, 1.82) is 0 Å². The smallest absolute Gasteiger partial charge is 0.261 e. The number of hydrogen-bond donors (Lipinski definition) is 2. The van der Waals surface area contributed by atoms with Gasteiger partial charge < -0.3 is 15.8 Å². The van der Waals surface area contributed by atoms with Crippen LogP contribution in [0.4, 0.5) is 0 Å². The van der Waals surface area contributed by atoms with Crippen LogP contribution in [-0.4, -0.2) is 25.1 Å². The van der Waals surface area contributed by atoms with Crippen LogP contribution >= 0.6 is 0 Å². The van der Waals surface area contributed by atoms with Crippen LogP contribution in [0.1, 0.15) is 23.1 Å². The van der Waals surface area contributed by atoms with Gasteiger partial charge in [-0.2, -0.15) is 0 Å². The lowest BCUT2D eigenvalue weighted by atomic mass is 10.0. The van der Waals surface area contributed by atoms with Crippen LogP contribution in [0, 0.1) is 13.8 Å². The van der Waals surface area contributed by atoms with Gasteiger partial charge in [-0.15, -0.1) is 0 Å². The molecule has 0 aromatic heterocycles. The number of carbonyl (C=O) groups is 1. The van der Waals surface area contributed by atoms with Crippen molar-refractivity contribution in [3.8, 4) is 5.75 Å². The molecule has 4 nitrogen and oxygen atoms in total. The Morgan fingerprint density at radius 3 is 2.89 bits per heavy atom. The zero-order valence-electron chi connectivity index (χ0n) is 11.0. The Morgan fingerprint density at radius 1 is 1.44 bits per heavy atom. The quantitative estimate of drug-likeness (QED) is 0.783. The molecule has 0 fully saturated rings. The molecule has 1 amide bonds. The topological polar surface area (TPSA) is 64.3 Å². The van der Waals surface area contributed by atoms with Crippen LogP contribution in [0.2, 0.25) is 0 Å². The maximum atomic E-state index is 11.9. The van der Waals surface area contributed by atoms with E-state index in [9.17, 15) is 4.79 Å². The zero-order valence-corrected chi connectivity index (χ0v) is 11.0. The minimum atomic E-state index is -0.390. The minimum absolute atomic E-state index is 0.0463. The first kappa shape index (κ1) is 12.9. The van der Waals surface area contributed by atoms with Crippen molar-refractivity contribution < 1.29 is 9.53 Å². The van der Waals surface area contributed by atoms with Gasteiger partial charge >= 0.3 is 0 Å². The first-order chi connectivity index (χ1) is 8.61. The summed E-state index contributed by atoms with van der Waals surface area (Å²) in [6, 6.07) is 4.12. The second-order valence-electron chi connectivity index (χ2n) is 4.79. The first-order valence-corrected chi connectivity index (χ1v) is 6.36. The minimum Gasteiger partial charge on any atom is -0.480 e. The van der Waals surface area contributed by atoms with Crippen molar-refractivity contribution in [2.45, 2.75) is 32.8 Å². The lowest BCUT2D eigenvalue weighted by Gasteiger charge is -2.10. The number of rotatable bonds is 4. The Bertz CT molecular complexity index is 426. The van der Waals surface area contributed by atoms with Gasteiger partial charge in [0.1, 0.15) is 5.75 Å². The third-order valence-corrected chi connectivity index (χ3v) is 3.32. The molecule has 18 heavy (non-hydrogen) atoms. The van der Waals surface area contributed by atoms with Crippen LogP contribution in [0.15, 0.2) is 12.1 Å². The van der Waals surface area contributed by atoms with E-state index in [-0.39, 0.29) is 12.0 Å². The van der Waals surface area contributed by atoms with Crippen molar-refractivity contribution in [2.75, 3.05) is 13.1 Å². The van der Waals surface area contributed by atoms with E-state index in [4.69, 9.17) is 10.5 Å². The molecule has 1 aromatic rings. The molecule has 1 aliphatic rings. The lowest BCUT2D eigenvalue weighted by Crippen LogP contribution is -2.38. The normalized spacial score (nSPS) is 17.2. The number of hydrogen-bond acceptors (Lipinski definition) is 3. The average molecular weight is 248 g/mol. The summed E-state index contributed by atoms with van der Waals surface area (Å²) in [6.07, 6.45) is 1.06. The van der Waals surface area contributed by atoms with E-state index in [1.54, 1.807) is 0 Å². The number of nitrogens with two attached hydrogens (primary N) is 1. The van der Waals surface area contributed by atoms with Crippen molar-refractivity contribution in [1.82, 2.24) is 5.32 Å². The highest BCUT2D eigenvalue weighted by Gasteiger charge is 2.29. The Kier molecular flexibility index (Phi) is 3.87. The SMILES string of the molecule is Cc1cc2c(cc1C)OC(C(=O)NCCCN)C2. The molecule has 1 unspecified atom stereocenters. The molecule has 0 radical (unpaired) electrons. The largest absolute Gasteiger partial charge is 0.480 e. The molecule has 1 heterocycles. The molecule has 0 saturated carbocycles. The predicted molar refractivity (Wildman–Crippen MR) is 70.7 cm³/mol. The fourth-order valence-corrected chi connectivity index (χ4v) is 2.09. The van der Waals surface area contributed by atoms with Gasteiger partial charge in [-0.3, -0.25) is 4.79 Å². The van der Waals surface area contributed by atoms with Crippen LogP contribution in [0.3, 0.4) is 0 Å². The van der Waals surface area contributed by atoms with Crippen LogP contribution in [-0.2, 0) is 11.2 Å². The van der Waals surface area contributed by atoms with Gasteiger partial charge in [0.15, 0.2) is 6.10 Å². The van der Waals surface area contributed by atoms with E-state index in [0.29, 0.717) is 19.5 Å². The van der Waals surface area contributed by atoms with Gasteiger partial charge in [-0.1, -0.05) is 6.07 Å². The van der Waals surface area contributed by atoms with Crippen LogP contribution < -0.4 is 15.8 Å². The van der Waals surface area contributed by atoms with E-state index in [1.807, 2.05) is 13.0 Å². The summed E-state index contributed by atoms with van der Waals surface area (Å²) in [7, 11) is 0. The predicted octanol–water partition coefficient (Wildman–Crippen LogP) is 1.07. The molecule has 1 atom stereocenters. The van der Waals surface area contributed by atoms with Gasteiger partial charge in [0, 0.05) is 13.0 Å². The average Bonchev–Trinajstić information content (AvgIpc) is 2.73. The monoisotopic (exact) mass is 248 g/mol. The number of amides is 1. The van der Waals surface area contributed by atoms with Gasteiger partial charge in [0.25, 0.3) is 5.91 Å². The molecule has 4 heteroatoms. The highest BCUT2D eigenvalue weighted by atomic mass is 16.5. The van der Waals surface area contributed by atoms with Crippen molar-refractivity contribution >= 4 is 5.91 Å². The number of benzene rings is 1. The van der Waals surface area contributed by atoms with E-state index in [0.717, 1.165) is 17.7 Å². The Morgan fingerprint density at radius 2 is 2.17 bits per heavy atom. The van der Waals surface area contributed by atoms with Crippen LogP contribution in [0.25, 0.3) is 0 Å². The van der Waals surface area contributed by atoms with E-state index >= 15 is 0 Å². The summed E-state index contributed by atoms with van der Waals surface area (Å²) >= 11 is 0. The van der Waals surface area contributed by atoms with E-state index in [2.05, 4.69) is 18.3 Å². The molecule has 1 aromatic carbocycles. The summed E-state index contributed by atoms with van der Waals surface area (Å²) in [6.45, 7) is 5.33. The third-order valence-electron chi connectivity index (χ3n) is 3.32. The lowest BCUT2D eigenvalue weighted by molar-refractivity contribution is -0.127. The maximum absolute atomic E-state index is 11.9. The summed E-state index contributed by atoms with van der Waals surface area (Å²) in [5.41, 5.74) is 8.94. The van der Waals surface area contributed by atoms with Gasteiger partial charge in [0.05, 0.1) is 0 Å². The van der Waals surface area contributed by atoms with Gasteiger partial charge in [-0.05, 0) is 49.6 Å². The summed E-state index contributed by atoms with van der Waals surface area (Å²) in [5.74, 6) is 0.798. The Hall–Kier alpha value is -1.55. The Balaban J connectivity index is 1.99. The number of ether oxygens (including phenoxy) is 1. The molecule has 3 N–H and O–H groups in total. The summed E-state index contributed by atoms with van der Waals surface area (Å²) in [5, 5.41) is 2.85. The maximum Gasteiger partial charge on any atom is 0.261 e. The fraction of sp³-hybridized carbons (Fsp3) is 0.500. The summed E-state index contributed by atoms with van der Waals surface area (Å²) < 4.78 is 5.69. The number of fused-ring (bicyclic) bond motifs is 1. The highest BCUT2D eigenvalue weighted by molar-refractivity contribution is 5.82. The molecule has 0 saturated heterocycles. The number of aryl methyl sites for hydroxylation is 2. The van der Waals surface area contributed by atoms with Gasteiger partial charge in [-0.25, -0.2) is 0 Å². The standard InChI is InChI=1S/C14H20N2O2/c1-9-6-11-8-13(14(17)16-5-3-4-15)18-12(11)7-10(9)2/h6-7,13H,3-5,8,15H2,1-2H3,(H,16,17). The molecule has 1 aliphatic heterocycles. The van der Waals surface area contributed by atoms with E-state index in [1.165, 1.54) is 11.1 Å². The second-order valence-corrected chi connectivity index (χ2v) is 4.79. The molecule has 98 valence electrons. The number of nitrogens with one attached hydrogen (secondary N) is 1. The van der Waals surface area contributed by atoms with Crippen molar-refractivity contribution in [2.24, 2.45) is 5.73 Å². The van der Waals surface area contributed by atoms with Crippen LogP contribution in [0.5, 0.6) is 5.75 Å². The molecule has 0 spiro atoms. The van der Waals surface area contributed by atoms with E-state index < -0.39 is 0 Å². The zero-order chi connectivity index (χ0) is 13.1. The van der Waals surface area contributed by atoms with Gasteiger partial charge in [0.2, 0.25) is 0 Å². The highest BCUT2D eigenvalue weighted by Crippen LogP contribution is 2.31. The first-order valence-electron chi connectivity index (χ1n) is 6.36. The number of carbonyl (C=O) groups excluding carboxylic acids is 1. The van der Waals surface area contributed by atoms with Crippen molar-refractivity contribution in [3.05, 3.63) is 28.8 Å². The molecule has 0 bridgehead atoms. The second kappa shape index (κ2) is 5.40. The van der Waals surface area contributed by atoms with Crippen molar-refractivity contribution in [3.63, 3.8) is 0 Å². The molecular weight excluding hydrogens is 228 g/mol. The molecule has 2 rings (SSSR count). The summed E-state index contributed by atoms with van der Waals surface area (Å²) in [4.78, 5) is 11.9.